The molecule has 1 N–H and O–H groups in total. The van der Waals surface area contributed by atoms with Gasteiger partial charge in [-0.2, -0.15) is 0 Å². The van der Waals surface area contributed by atoms with Crippen LogP contribution in [0.15, 0.2) is 30.3 Å². The van der Waals surface area contributed by atoms with E-state index in [0.717, 1.165) is 13.0 Å². The van der Waals surface area contributed by atoms with E-state index in [1.54, 1.807) is 0 Å². The number of hydrazine groups is 1. The van der Waals surface area contributed by atoms with E-state index < -0.39 is 0 Å². The van der Waals surface area contributed by atoms with Gasteiger partial charge in [0.15, 0.2) is 0 Å². The lowest BCUT2D eigenvalue weighted by atomic mass is 10.2. The molecule has 1 aromatic rings. The minimum atomic E-state index is 0.582. The largest absolute Gasteiger partial charge is 0.261 e. The maximum absolute atomic E-state index is 5.22. The molecular formula is C12H20N2O2. The third-order valence-corrected chi connectivity index (χ3v) is 1.99. The van der Waals surface area contributed by atoms with Crippen molar-refractivity contribution in [3.63, 3.8) is 0 Å². The topological polar surface area (TPSA) is 33.7 Å². The third-order valence-electron chi connectivity index (χ3n) is 1.99. The van der Waals surface area contributed by atoms with Crippen LogP contribution in [0.4, 0.5) is 0 Å². The number of benzene rings is 1. The van der Waals surface area contributed by atoms with Gasteiger partial charge in [0.25, 0.3) is 0 Å². The van der Waals surface area contributed by atoms with Gasteiger partial charge in [-0.3, -0.25) is 9.68 Å². The van der Waals surface area contributed by atoms with E-state index in [9.17, 15) is 0 Å². The van der Waals surface area contributed by atoms with Crippen molar-refractivity contribution in [2.24, 2.45) is 0 Å². The molecule has 0 spiro atoms. The summed E-state index contributed by atoms with van der Waals surface area (Å²) in [6.45, 7) is 5.79. The molecule has 0 aliphatic carbocycles. The summed E-state index contributed by atoms with van der Waals surface area (Å²) in [7, 11) is 0. The smallest absolute Gasteiger partial charge is 0.0698 e. The highest BCUT2D eigenvalue weighted by Gasteiger charge is 2.02. The van der Waals surface area contributed by atoms with Crippen LogP contribution in [-0.2, 0) is 16.1 Å². The van der Waals surface area contributed by atoms with Gasteiger partial charge in [-0.05, 0) is 25.8 Å². The third kappa shape index (κ3) is 5.23. The van der Waals surface area contributed by atoms with E-state index in [1.165, 1.54) is 10.9 Å². The molecule has 16 heavy (non-hydrogen) atoms. The van der Waals surface area contributed by atoms with Crippen LogP contribution >= 0.6 is 0 Å². The minimum absolute atomic E-state index is 0.582. The average Bonchev–Trinajstić information content (AvgIpc) is 2.31. The molecule has 1 aromatic carbocycles. The molecular weight excluding hydrogens is 204 g/mol. The molecule has 0 saturated carbocycles. The van der Waals surface area contributed by atoms with Gasteiger partial charge in [-0.25, -0.2) is 5.43 Å². The highest BCUT2D eigenvalue weighted by molar-refractivity contribution is 5.14. The zero-order valence-electron chi connectivity index (χ0n) is 9.98. The predicted octanol–water partition coefficient (Wildman–Crippen LogP) is 1.94. The molecule has 0 radical (unpaired) electrons. The zero-order chi connectivity index (χ0) is 11.6. The summed E-state index contributed by atoms with van der Waals surface area (Å²) in [5.74, 6) is 0. The van der Waals surface area contributed by atoms with Gasteiger partial charge in [0.1, 0.15) is 0 Å². The highest BCUT2D eigenvalue weighted by Crippen LogP contribution is 1.98. The fourth-order valence-electron chi connectivity index (χ4n) is 1.30. The number of rotatable bonds is 8. The van der Waals surface area contributed by atoms with Crippen molar-refractivity contribution in [1.29, 1.82) is 0 Å². The van der Waals surface area contributed by atoms with Crippen molar-refractivity contribution < 1.29 is 9.68 Å². The van der Waals surface area contributed by atoms with E-state index in [1.807, 2.05) is 32.0 Å². The Labute approximate surface area is 97.0 Å². The Morgan fingerprint density at radius 1 is 1.06 bits per heavy atom. The fraction of sp³-hybridized carbons (Fsp3) is 0.500. The van der Waals surface area contributed by atoms with Gasteiger partial charge in [0.2, 0.25) is 0 Å². The normalized spacial score (nSPS) is 10.9. The van der Waals surface area contributed by atoms with Gasteiger partial charge >= 0.3 is 0 Å². The van der Waals surface area contributed by atoms with Crippen molar-refractivity contribution in [3.8, 4) is 0 Å². The summed E-state index contributed by atoms with van der Waals surface area (Å²) in [5, 5.41) is 1.34. The first-order valence-electron chi connectivity index (χ1n) is 5.70. The Kier molecular flexibility index (Phi) is 6.76. The van der Waals surface area contributed by atoms with Crippen LogP contribution in [0.3, 0.4) is 0 Å². The summed E-state index contributed by atoms with van der Waals surface area (Å²) < 4.78 is 0. The van der Waals surface area contributed by atoms with E-state index in [0.29, 0.717) is 13.2 Å². The second-order valence-corrected chi connectivity index (χ2v) is 3.24. The number of hydrogen-bond acceptors (Lipinski definition) is 4. The van der Waals surface area contributed by atoms with Crippen LogP contribution in [0.1, 0.15) is 19.4 Å². The van der Waals surface area contributed by atoms with E-state index in [2.05, 4.69) is 17.6 Å². The fourth-order valence-corrected chi connectivity index (χ4v) is 1.30. The molecule has 0 aromatic heterocycles. The van der Waals surface area contributed by atoms with Crippen LogP contribution < -0.4 is 5.43 Å². The molecule has 4 nitrogen and oxygen atoms in total. The van der Waals surface area contributed by atoms with Gasteiger partial charge in [0, 0.05) is 11.9 Å². The molecule has 90 valence electrons. The first kappa shape index (κ1) is 13.1. The SMILES string of the molecule is CCON(NCCc1ccccc1)OCC. The van der Waals surface area contributed by atoms with Crippen molar-refractivity contribution in [1.82, 2.24) is 10.8 Å². The zero-order valence-corrected chi connectivity index (χ0v) is 9.98. The monoisotopic (exact) mass is 224 g/mol. The van der Waals surface area contributed by atoms with Gasteiger partial charge < -0.3 is 0 Å². The van der Waals surface area contributed by atoms with E-state index in [4.69, 9.17) is 9.68 Å². The number of nitrogens with one attached hydrogen (secondary N) is 1. The summed E-state index contributed by atoms with van der Waals surface area (Å²) in [6, 6.07) is 10.3. The molecule has 0 aliphatic rings. The van der Waals surface area contributed by atoms with Gasteiger partial charge in [0.05, 0.1) is 13.2 Å². The molecule has 0 saturated heterocycles. The van der Waals surface area contributed by atoms with Crippen molar-refractivity contribution >= 4 is 0 Å². The Hall–Kier alpha value is -0.940. The molecule has 4 heteroatoms. The lowest BCUT2D eigenvalue weighted by Crippen LogP contribution is -2.39. The summed E-state index contributed by atoms with van der Waals surface area (Å²) >= 11 is 0. The highest BCUT2D eigenvalue weighted by atomic mass is 17.0. The maximum Gasteiger partial charge on any atom is 0.0698 e. The molecule has 0 amide bonds. The standard InChI is InChI=1S/C12H20N2O2/c1-3-15-14(16-4-2)13-11-10-12-8-6-5-7-9-12/h5-9,13H,3-4,10-11H2,1-2H3. The van der Waals surface area contributed by atoms with Crippen molar-refractivity contribution in [2.45, 2.75) is 20.3 Å². The van der Waals surface area contributed by atoms with Crippen molar-refractivity contribution in [2.75, 3.05) is 19.8 Å². The number of hydrogen-bond donors (Lipinski definition) is 1. The second kappa shape index (κ2) is 8.24. The quantitative estimate of drug-likeness (QED) is 0.684. The predicted molar refractivity (Wildman–Crippen MR) is 63.2 cm³/mol. The molecule has 0 bridgehead atoms. The van der Waals surface area contributed by atoms with Crippen LogP contribution in [0.5, 0.6) is 0 Å². The van der Waals surface area contributed by atoms with Crippen LogP contribution in [0, 0.1) is 0 Å². The second-order valence-electron chi connectivity index (χ2n) is 3.24. The van der Waals surface area contributed by atoms with Crippen molar-refractivity contribution in [3.05, 3.63) is 35.9 Å². The summed E-state index contributed by atoms with van der Waals surface area (Å²) in [6.07, 6.45) is 0.942. The Bertz CT molecular complexity index is 261. The van der Waals surface area contributed by atoms with Crippen LogP contribution in [0.2, 0.25) is 0 Å². The average molecular weight is 224 g/mol. The first-order valence-corrected chi connectivity index (χ1v) is 5.70. The molecule has 0 unspecified atom stereocenters. The maximum atomic E-state index is 5.22. The summed E-state index contributed by atoms with van der Waals surface area (Å²) in [4.78, 5) is 10.4. The summed E-state index contributed by atoms with van der Waals surface area (Å²) in [5.41, 5.74) is 4.35. The lowest BCUT2D eigenvalue weighted by Gasteiger charge is -2.19. The van der Waals surface area contributed by atoms with Gasteiger partial charge in [-0.1, -0.05) is 30.3 Å². The number of nitrogens with zero attached hydrogens (tertiary/aromatic N) is 1. The van der Waals surface area contributed by atoms with E-state index >= 15 is 0 Å². The Morgan fingerprint density at radius 2 is 1.69 bits per heavy atom. The minimum Gasteiger partial charge on any atom is -0.261 e. The molecule has 0 fully saturated rings. The molecule has 0 heterocycles. The molecule has 0 aliphatic heterocycles. The molecule has 0 atom stereocenters. The van der Waals surface area contributed by atoms with E-state index in [-0.39, 0.29) is 0 Å². The Morgan fingerprint density at radius 3 is 2.25 bits per heavy atom. The Balaban J connectivity index is 2.22. The van der Waals surface area contributed by atoms with Crippen LogP contribution in [-0.4, -0.2) is 25.1 Å². The first-order chi connectivity index (χ1) is 7.86. The van der Waals surface area contributed by atoms with Crippen LogP contribution in [0.25, 0.3) is 0 Å². The molecule has 1 rings (SSSR count). The van der Waals surface area contributed by atoms with Gasteiger partial charge in [-0.15, -0.1) is 0 Å². The lowest BCUT2D eigenvalue weighted by molar-refractivity contribution is -0.394.